The maximum Gasteiger partial charge on any atom is 0.304 e. The molecule has 1 N–H and O–H groups in total. The van der Waals surface area contributed by atoms with Gasteiger partial charge in [0.15, 0.2) is 0 Å². The van der Waals surface area contributed by atoms with Gasteiger partial charge in [-0.05, 0) is 11.5 Å². The second kappa shape index (κ2) is 6.96. The highest BCUT2D eigenvalue weighted by Gasteiger charge is 2.26. The van der Waals surface area contributed by atoms with Crippen molar-refractivity contribution < 1.29 is 9.90 Å². The van der Waals surface area contributed by atoms with Crippen molar-refractivity contribution >= 4 is 17.7 Å². The third-order valence-corrected chi connectivity index (χ3v) is 4.73. The summed E-state index contributed by atoms with van der Waals surface area (Å²) in [6, 6.07) is 10.6. The number of carboxylic acids is 1. The highest BCUT2D eigenvalue weighted by molar-refractivity contribution is 7.99. The molecule has 1 aliphatic heterocycles. The van der Waals surface area contributed by atoms with Gasteiger partial charge in [0.05, 0.1) is 6.42 Å². The second-order valence-electron chi connectivity index (χ2n) is 5.13. The first-order valence-electron chi connectivity index (χ1n) is 6.75. The SMILES string of the molecule is CC(CN1CCSCC1CC(=O)O)c1ccccc1. The van der Waals surface area contributed by atoms with Gasteiger partial charge in [-0.3, -0.25) is 9.69 Å². The quantitative estimate of drug-likeness (QED) is 0.899. The van der Waals surface area contributed by atoms with Gasteiger partial charge in [0.1, 0.15) is 0 Å². The Morgan fingerprint density at radius 3 is 2.89 bits per heavy atom. The minimum atomic E-state index is -0.690. The zero-order chi connectivity index (χ0) is 13.7. The van der Waals surface area contributed by atoms with Crippen molar-refractivity contribution in [2.24, 2.45) is 0 Å². The number of nitrogens with zero attached hydrogens (tertiary/aromatic N) is 1. The van der Waals surface area contributed by atoms with E-state index in [1.165, 1.54) is 5.56 Å². The van der Waals surface area contributed by atoms with Crippen LogP contribution in [0.1, 0.15) is 24.8 Å². The van der Waals surface area contributed by atoms with Crippen molar-refractivity contribution in [3.63, 3.8) is 0 Å². The third kappa shape index (κ3) is 4.25. The highest BCUT2D eigenvalue weighted by atomic mass is 32.2. The van der Waals surface area contributed by atoms with Gasteiger partial charge in [0.2, 0.25) is 0 Å². The van der Waals surface area contributed by atoms with Crippen molar-refractivity contribution in [2.75, 3.05) is 24.6 Å². The molecule has 2 atom stereocenters. The van der Waals surface area contributed by atoms with Crippen LogP contribution in [0.2, 0.25) is 0 Å². The normalized spacial score (nSPS) is 22.1. The fourth-order valence-electron chi connectivity index (χ4n) is 2.56. The smallest absolute Gasteiger partial charge is 0.304 e. The predicted octanol–water partition coefficient (Wildman–Crippen LogP) is 2.68. The van der Waals surface area contributed by atoms with Crippen molar-refractivity contribution in [3.8, 4) is 0 Å². The number of benzene rings is 1. The van der Waals surface area contributed by atoms with Crippen LogP contribution in [0.25, 0.3) is 0 Å². The van der Waals surface area contributed by atoms with Gasteiger partial charge >= 0.3 is 5.97 Å². The number of hydrogen-bond acceptors (Lipinski definition) is 3. The zero-order valence-electron chi connectivity index (χ0n) is 11.3. The first kappa shape index (κ1) is 14.4. The molecule has 1 saturated heterocycles. The summed E-state index contributed by atoms with van der Waals surface area (Å²) in [6.45, 7) is 4.16. The summed E-state index contributed by atoms with van der Waals surface area (Å²) in [5, 5.41) is 9.00. The average molecular weight is 279 g/mol. The zero-order valence-corrected chi connectivity index (χ0v) is 12.1. The molecule has 1 aliphatic rings. The largest absolute Gasteiger partial charge is 0.481 e. The monoisotopic (exact) mass is 279 g/mol. The standard InChI is InChI=1S/C15H21NO2S/c1-12(13-5-3-2-4-6-13)10-16-7-8-19-11-14(16)9-15(17)18/h2-6,12,14H,7-11H2,1H3,(H,17,18). The summed E-state index contributed by atoms with van der Waals surface area (Å²) in [5.41, 5.74) is 1.33. The molecule has 1 heterocycles. The first-order chi connectivity index (χ1) is 9.16. The minimum Gasteiger partial charge on any atom is -0.481 e. The van der Waals surface area contributed by atoms with E-state index in [1.807, 2.05) is 17.8 Å². The molecule has 1 fully saturated rings. The first-order valence-corrected chi connectivity index (χ1v) is 7.91. The number of thioether (sulfide) groups is 1. The van der Waals surface area contributed by atoms with Gasteiger partial charge in [-0.25, -0.2) is 0 Å². The van der Waals surface area contributed by atoms with E-state index in [1.54, 1.807) is 0 Å². The predicted molar refractivity (Wildman–Crippen MR) is 79.8 cm³/mol. The van der Waals surface area contributed by atoms with Crippen LogP contribution in [0.4, 0.5) is 0 Å². The fraction of sp³-hybridized carbons (Fsp3) is 0.533. The van der Waals surface area contributed by atoms with Crippen LogP contribution in [0.15, 0.2) is 30.3 Å². The van der Waals surface area contributed by atoms with Crippen molar-refractivity contribution in [1.82, 2.24) is 4.90 Å². The Bertz CT molecular complexity index is 410. The molecule has 1 aromatic carbocycles. The summed E-state index contributed by atoms with van der Waals surface area (Å²) in [5.74, 6) is 1.80. The molecule has 4 heteroatoms. The van der Waals surface area contributed by atoms with Crippen LogP contribution >= 0.6 is 11.8 Å². The lowest BCUT2D eigenvalue weighted by molar-refractivity contribution is -0.138. The maximum atomic E-state index is 10.9. The van der Waals surface area contributed by atoms with Gasteiger partial charge in [0.25, 0.3) is 0 Å². The van der Waals surface area contributed by atoms with Gasteiger partial charge in [-0.1, -0.05) is 37.3 Å². The Morgan fingerprint density at radius 2 is 2.21 bits per heavy atom. The van der Waals surface area contributed by atoms with Crippen LogP contribution in [-0.4, -0.2) is 46.6 Å². The molecule has 0 spiro atoms. The molecule has 2 rings (SSSR count). The molecule has 19 heavy (non-hydrogen) atoms. The molecule has 0 bridgehead atoms. The molecular formula is C15H21NO2S. The number of rotatable bonds is 5. The lowest BCUT2D eigenvalue weighted by atomic mass is 9.99. The van der Waals surface area contributed by atoms with E-state index in [9.17, 15) is 4.79 Å². The molecular weight excluding hydrogens is 258 g/mol. The van der Waals surface area contributed by atoms with Gasteiger partial charge < -0.3 is 5.11 Å². The second-order valence-corrected chi connectivity index (χ2v) is 6.28. The maximum absolute atomic E-state index is 10.9. The van der Waals surface area contributed by atoms with Gasteiger partial charge in [-0.2, -0.15) is 11.8 Å². The lowest BCUT2D eigenvalue weighted by Gasteiger charge is -2.36. The molecule has 0 aromatic heterocycles. The highest BCUT2D eigenvalue weighted by Crippen LogP contribution is 2.23. The molecule has 0 aliphatic carbocycles. The van der Waals surface area contributed by atoms with E-state index in [4.69, 9.17) is 5.11 Å². The molecule has 3 nitrogen and oxygen atoms in total. The van der Waals surface area contributed by atoms with Crippen LogP contribution < -0.4 is 0 Å². The van der Waals surface area contributed by atoms with Crippen LogP contribution in [0.3, 0.4) is 0 Å². The number of carbonyl (C=O) groups is 1. The van der Waals surface area contributed by atoms with Crippen LogP contribution in [-0.2, 0) is 4.79 Å². The molecule has 1 aromatic rings. The molecule has 104 valence electrons. The van der Waals surface area contributed by atoms with E-state index < -0.39 is 5.97 Å². The summed E-state index contributed by atoms with van der Waals surface area (Å²) in [7, 11) is 0. The van der Waals surface area contributed by atoms with E-state index in [-0.39, 0.29) is 12.5 Å². The van der Waals surface area contributed by atoms with E-state index in [0.29, 0.717) is 5.92 Å². The Balaban J connectivity index is 1.97. The summed E-state index contributed by atoms with van der Waals surface area (Å²) >= 11 is 1.87. The van der Waals surface area contributed by atoms with Crippen LogP contribution in [0, 0.1) is 0 Å². The van der Waals surface area contributed by atoms with E-state index in [0.717, 1.165) is 24.6 Å². The van der Waals surface area contributed by atoms with Gasteiger partial charge in [-0.15, -0.1) is 0 Å². The Kier molecular flexibility index (Phi) is 5.28. The fourth-order valence-corrected chi connectivity index (χ4v) is 3.69. The van der Waals surface area contributed by atoms with Crippen molar-refractivity contribution in [2.45, 2.75) is 25.3 Å². The lowest BCUT2D eigenvalue weighted by Crippen LogP contribution is -2.45. The topological polar surface area (TPSA) is 40.5 Å². The third-order valence-electron chi connectivity index (χ3n) is 3.64. The van der Waals surface area contributed by atoms with E-state index in [2.05, 4.69) is 36.1 Å². The number of carboxylic acid groups (broad SMARTS) is 1. The molecule has 2 unspecified atom stereocenters. The van der Waals surface area contributed by atoms with Crippen LogP contribution in [0.5, 0.6) is 0 Å². The van der Waals surface area contributed by atoms with Crippen molar-refractivity contribution in [1.29, 1.82) is 0 Å². The summed E-state index contributed by atoms with van der Waals surface area (Å²) in [4.78, 5) is 13.3. The van der Waals surface area contributed by atoms with Gasteiger partial charge in [0, 0.05) is 30.6 Å². The number of aliphatic carboxylic acids is 1. The Labute approximate surface area is 119 Å². The van der Waals surface area contributed by atoms with E-state index >= 15 is 0 Å². The molecule has 0 amide bonds. The molecule has 0 radical (unpaired) electrons. The summed E-state index contributed by atoms with van der Waals surface area (Å²) < 4.78 is 0. The summed E-state index contributed by atoms with van der Waals surface area (Å²) in [6.07, 6.45) is 0.258. The minimum absolute atomic E-state index is 0.183. The molecule has 0 saturated carbocycles. The average Bonchev–Trinajstić information content (AvgIpc) is 2.41. The Morgan fingerprint density at radius 1 is 1.47 bits per heavy atom. The Hall–Kier alpha value is -1.00. The van der Waals surface area contributed by atoms with Crippen molar-refractivity contribution in [3.05, 3.63) is 35.9 Å². The number of hydrogen-bond donors (Lipinski definition) is 1.